The van der Waals surface area contributed by atoms with Gasteiger partial charge in [0.25, 0.3) is 0 Å². The van der Waals surface area contributed by atoms with E-state index in [0.29, 0.717) is 0 Å². The maximum Gasteiger partial charge on any atom is 0.0786 e. The van der Waals surface area contributed by atoms with Gasteiger partial charge in [-0.15, -0.1) is 0 Å². The van der Waals surface area contributed by atoms with Crippen molar-refractivity contribution in [1.29, 1.82) is 0 Å². The Hall–Kier alpha value is 0.01000. The first-order valence-electron chi connectivity index (χ1n) is 4.10. The van der Waals surface area contributed by atoms with Crippen molar-refractivity contribution in [2.75, 3.05) is 11.5 Å². The van der Waals surface area contributed by atoms with Crippen LogP contribution in [0.5, 0.6) is 0 Å². The van der Waals surface area contributed by atoms with E-state index in [1.165, 1.54) is 5.56 Å². The largest absolute Gasteiger partial charge is 0.389 e. The van der Waals surface area contributed by atoms with Crippen molar-refractivity contribution in [3.63, 3.8) is 0 Å². The van der Waals surface area contributed by atoms with Gasteiger partial charge in [-0.2, -0.15) is 23.1 Å². The summed E-state index contributed by atoms with van der Waals surface area (Å²) >= 11 is 3.56. The number of hydrogen-bond acceptors (Lipinski definition) is 3. The van der Waals surface area contributed by atoms with E-state index in [2.05, 4.69) is 16.8 Å². The van der Waals surface area contributed by atoms with Crippen LogP contribution in [0.3, 0.4) is 0 Å². The smallest absolute Gasteiger partial charge is 0.0786 e. The molecule has 2 rings (SSSR count). The van der Waals surface area contributed by atoms with E-state index in [9.17, 15) is 5.11 Å². The summed E-state index contributed by atoms with van der Waals surface area (Å²) in [6.07, 6.45) is 1.79. The van der Waals surface area contributed by atoms with Gasteiger partial charge in [-0.05, 0) is 34.6 Å². The van der Waals surface area contributed by atoms with E-state index < -0.39 is 5.60 Å². The molecular formula is C9H12OS2. The number of hydrogen-bond donors (Lipinski definition) is 1. The fraction of sp³-hybridized carbons (Fsp3) is 0.556. The lowest BCUT2D eigenvalue weighted by Gasteiger charge is -2.19. The van der Waals surface area contributed by atoms with Gasteiger partial charge in [-0.1, -0.05) is 0 Å². The Morgan fingerprint density at radius 1 is 1.58 bits per heavy atom. The molecule has 0 bridgehead atoms. The van der Waals surface area contributed by atoms with Gasteiger partial charge >= 0.3 is 0 Å². The fourth-order valence-electron chi connectivity index (χ4n) is 1.51. The molecule has 1 N–H and O–H groups in total. The van der Waals surface area contributed by atoms with Gasteiger partial charge in [0, 0.05) is 12.2 Å². The van der Waals surface area contributed by atoms with Crippen LogP contribution >= 0.6 is 23.1 Å². The highest BCUT2D eigenvalue weighted by molar-refractivity contribution is 7.99. The molecule has 1 aromatic rings. The number of aliphatic hydroxyl groups is 1. The maximum atomic E-state index is 10.0. The monoisotopic (exact) mass is 200 g/mol. The highest BCUT2D eigenvalue weighted by Crippen LogP contribution is 2.31. The summed E-state index contributed by atoms with van der Waals surface area (Å²) in [6.45, 7) is 0. The SMILES string of the molecule is OC1(Cc2ccsc2)CCSC1. The summed E-state index contributed by atoms with van der Waals surface area (Å²) in [6, 6.07) is 2.10. The Balaban J connectivity index is 2.02. The molecule has 0 aromatic carbocycles. The molecule has 1 saturated heterocycles. The molecule has 0 radical (unpaired) electrons. The summed E-state index contributed by atoms with van der Waals surface area (Å²) < 4.78 is 0. The van der Waals surface area contributed by atoms with Crippen LogP contribution in [0.2, 0.25) is 0 Å². The van der Waals surface area contributed by atoms with Crippen molar-refractivity contribution in [1.82, 2.24) is 0 Å². The molecule has 0 saturated carbocycles. The van der Waals surface area contributed by atoms with Crippen molar-refractivity contribution in [3.05, 3.63) is 22.4 Å². The zero-order valence-electron chi connectivity index (χ0n) is 6.82. The number of thiophene rings is 1. The van der Waals surface area contributed by atoms with E-state index in [1.807, 2.05) is 11.8 Å². The first kappa shape index (κ1) is 8.60. The van der Waals surface area contributed by atoms with Crippen molar-refractivity contribution < 1.29 is 5.11 Å². The van der Waals surface area contributed by atoms with Crippen LogP contribution in [0.15, 0.2) is 16.8 Å². The third kappa shape index (κ3) is 1.84. The van der Waals surface area contributed by atoms with Crippen LogP contribution in [-0.4, -0.2) is 22.2 Å². The average molecular weight is 200 g/mol. The van der Waals surface area contributed by atoms with Gasteiger partial charge in [0.1, 0.15) is 0 Å². The van der Waals surface area contributed by atoms with Crippen molar-refractivity contribution in [2.24, 2.45) is 0 Å². The minimum Gasteiger partial charge on any atom is -0.389 e. The first-order valence-corrected chi connectivity index (χ1v) is 6.19. The van der Waals surface area contributed by atoms with Gasteiger partial charge in [-0.3, -0.25) is 0 Å². The Morgan fingerprint density at radius 3 is 3.08 bits per heavy atom. The molecule has 3 heteroatoms. The standard InChI is InChI=1S/C9H12OS2/c10-9(2-4-12-7-9)5-8-1-3-11-6-8/h1,3,6,10H,2,4-5,7H2. The molecule has 1 aromatic heterocycles. The van der Waals surface area contributed by atoms with E-state index in [4.69, 9.17) is 0 Å². The average Bonchev–Trinajstić information content (AvgIpc) is 2.62. The van der Waals surface area contributed by atoms with Gasteiger partial charge in [0.15, 0.2) is 0 Å². The van der Waals surface area contributed by atoms with Crippen molar-refractivity contribution in [3.8, 4) is 0 Å². The van der Waals surface area contributed by atoms with Gasteiger partial charge in [-0.25, -0.2) is 0 Å². The van der Waals surface area contributed by atoms with E-state index in [1.54, 1.807) is 11.3 Å². The number of rotatable bonds is 2. The van der Waals surface area contributed by atoms with Gasteiger partial charge in [0.05, 0.1) is 5.60 Å². The molecule has 0 aliphatic carbocycles. The van der Waals surface area contributed by atoms with Crippen molar-refractivity contribution in [2.45, 2.75) is 18.4 Å². The van der Waals surface area contributed by atoms with Crippen LogP contribution < -0.4 is 0 Å². The summed E-state index contributed by atoms with van der Waals surface area (Å²) in [5, 5.41) is 14.2. The van der Waals surface area contributed by atoms with Crippen LogP contribution in [0.25, 0.3) is 0 Å². The van der Waals surface area contributed by atoms with Crippen LogP contribution in [-0.2, 0) is 6.42 Å². The predicted molar refractivity (Wildman–Crippen MR) is 54.9 cm³/mol. The lowest BCUT2D eigenvalue weighted by atomic mass is 9.96. The fourth-order valence-corrected chi connectivity index (χ4v) is 3.47. The molecule has 1 aliphatic heterocycles. The Bertz CT molecular complexity index is 237. The van der Waals surface area contributed by atoms with E-state index in [0.717, 1.165) is 24.3 Å². The molecule has 1 unspecified atom stereocenters. The zero-order valence-corrected chi connectivity index (χ0v) is 8.46. The highest BCUT2D eigenvalue weighted by atomic mass is 32.2. The highest BCUT2D eigenvalue weighted by Gasteiger charge is 2.31. The normalized spacial score (nSPS) is 29.4. The Labute approximate surface area is 80.8 Å². The zero-order chi connectivity index (χ0) is 8.44. The topological polar surface area (TPSA) is 20.2 Å². The van der Waals surface area contributed by atoms with Gasteiger partial charge < -0.3 is 5.11 Å². The third-order valence-electron chi connectivity index (χ3n) is 2.20. The van der Waals surface area contributed by atoms with Crippen LogP contribution in [0.1, 0.15) is 12.0 Å². The molecular weight excluding hydrogens is 188 g/mol. The first-order chi connectivity index (χ1) is 5.79. The molecule has 1 atom stereocenters. The molecule has 66 valence electrons. The van der Waals surface area contributed by atoms with E-state index >= 15 is 0 Å². The molecule has 2 heterocycles. The van der Waals surface area contributed by atoms with Crippen LogP contribution in [0.4, 0.5) is 0 Å². The van der Waals surface area contributed by atoms with Crippen LogP contribution in [0, 0.1) is 0 Å². The summed E-state index contributed by atoms with van der Waals surface area (Å²) in [7, 11) is 0. The minimum absolute atomic E-state index is 0.411. The quantitative estimate of drug-likeness (QED) is 0.789. The van der Waals surface area contributed by atoms with E-state index in [-0.39, 0.29) is 0 Å². The summed E-state index contributed by atoms with van der Waals surface area (Å²) in [5.74, 6) is 2.02. The molecule has 1 fully saturated rings. The number of thioether (sulfide) groups is 1. The molecule has 12 heavy (non-hydrogen) atoms. The Morgan fingerprint density at radius 2 is 2.50 bits per heavy atom. The molecule has 1 nitrogen and oxygen atoms in total. The molecule has 0 amide bonds. The summed E-state index contributed by atoms with van der Waals surface area (Å²) in [4.78, 5) is 0. The Kier molecular flexibility index (Phi) is 2.44. The van der Waals surface area contributed by atoms with Crippen molar-refractivity contribution >= 4 is 23.1 Å². The second kappa shape index (κ2) is 3.40. The lowest BCUT2D eigenvalue weighted by molar-refractivity contribution is 0.0687. The third-order valence-corrected chi connectivity index (χ3v) is 4.16. The molecule has 0 spiro atoms. The predicted octanol–water partition coefficient (Wildman–Crippen LogP) is 2.16. The summed E-state index contributed by atoms with van der Waals surface area (Å²) in [5.41, 5.74) is 0.871. The van der Waals surface area contributed by atoms with Gasteiger partial charge in [0.2, 0.25) is 0 Å². The lowest BCUT2D eigenvalue weighted by Crippen LogP contribution is -2.30. The minimum atomic E-state index is -0.411. The maximum absolute atomic E-state index is 10.0. The second-order valence-corrected chi connectivity index (χ2v) is 5.22. The molecule has 1 aliphatic rings. The second-order valence-electron chi connectivity index (χ2n) is 3.34.